The van der Waals surface area contributed by atoms with E-state index in [1.807, 2.05) is 35.7 Å². The standard InChI is InChI=1S/C21H20N2O/c1-3-18(24)21-20(22-19-12-14(2)10-11-23(19)21)17-9-8-15-6-4-5-7-16(15)13-17/h4-13,18,24H,3H2,1-2H3. The van der Waals surface area contributed by atoms with Crippen molar-refractivity contribution in [3.8, 4) is 11.3 Å². The van der Waals surface area contributed by atoms with Crippen molar-refractivity contribution in [3.05, 3.63) is 72.1 Å². The molecule has 0 amide bonds. The van der Waals surface area contributed by atoms with E-state index in [-0.39, 0.29) is 0 Å². The number of aliphatic hydroxyl groups excluding tert-OH is 1. The van der Waals surface area contributed by atoms with Crippen molar-refractivity contribution in [3.63, 3.8) is 0 Å². The Morgan fingerprint density at radius 1 is 1.04 bits per heavy atom. The molecule has 0 spiro atoms. The molecule has 0 aliphatic rings. The summed E-state index contributed by atoms with van der Waals surface area (Å²) in [6, 6.07) is 18.7. The minimum absolute atomic E-state index is 0.538. The summed E-state index contributed by atoms with van der Waals surface area (Å²) in [5, 5.41) is 13.0. The molecule has 0 saturated heterocycles. The van der Waals surface area contributed by atoms with Crippen LogP contribution in [0.3, 0.4) is 0 Å². The van der Waals surface area contributed by atoms with Gasteiger partial charge in [0.05, 0.1) is 17.5 Å². The van der Waals surface area contributed by atoms with Gasteiger partial charge in [-0.2, -0.15) is 0 Å². The molecule has 2 heterocycles. The molecule has 3 heteroatoms. The summed E-state index contributed by atoms with van der Waals surface area (Å²) < 4.78 is 2.01. The number of rotatable bonds is 3. The number of hydrogen-bond acceptors (Lipinski definition) is 2. The number of aryl methyl sites for hydroxylation is 1. The number of fused-ring (bicyclic) bond motifs is 2. The monoisotopic (exact) mass is 316 g/mol. The molecule has 1 unspecified atom stereocenters. The van der Waals surface area contributed by atoms with Gasteiger partial charge in [-0.15, -0.1) is 0 Å². The van der Waals surface area contributed by atoms with Crippen LogP contribution >= 0.6 is 0 Å². The lowest BCUT2D eigenvalue weighted by Crippen LogP contribution is -2.02. The van der Waals surface area contributed by atoms with Crippen molar-refractivity contribution in [2.75, 3.05) is 0 Å². The molecule has 1 atom stereocenters. The molecule has 0 radical (unpaired) electrons. The highest BCUT2D eigenvalue weighted by Crippen LogP contribution is 2.32. The number of aliphatic hydroxyl groups is 1. The van der Waals surface area contributed by atoms with E-state index in [0.717, 1.165) is 28.2 Å². The predicted molar refractivity (Wildman–Crippen MR) is 98.1 cm³/mol. The van der Waals surface area contributed by atoms with Crippen LogP contribution in [0.5, 0.6) is 0 Å². The highest BCUT2D eigenvalue weighted by Gasteiger charge is 2.19. The van der Waals surface area contributed by atoms with Crippen LogP contribution in [0.4, 0.5) is 0 Å². The second kappa shape index (κ2) is 5.77. The zero-order chi connectivity index (χ0) is 16.7. The fraction of sp³-hybridized carbons (Fsp3) is 0.190. The SMILES string of the molecule is CCC(O)c1c(-c2ccc3ccccc3c2)nc2cc(C)ccn12. The van der Waals surface area contributed by atoms with E-state index in [4.69, 9.17) is 4.98 Å². The van der Waals surface area contributed by atoms with Gasteiger partial charge in [-0.3, -0.25) is 0 Å². The van der Waals surface area contributed by atoms with Crippen LogP contribution in [0, 0.1) is 6.92 Å². The van der Waals surface area contributed by atoms with Gasteiger partial charge in [-0.25, -0.2) is 4.98 Å². The van der Waals surface area contributed by atoms with E-state index in [1.165, 1.54) is 10.8 Å². The zero-order valence-electron chi connectivity index (χ0n) is 13.9. The van der Waals surface area contributed by atoms with Gasteiger partial charge >= 0.3 is 0 Å². The molecule has 0 aliphatic carbocycles. The average Bonchev–Trinajstić information content (AvgIpc) is 2.99. The van der Waals surface area contributed by atoms with E-state index < -0.39 is 6.10 Å². The fourth-order valence-corrected chi connectivity index (χ4v) is 3.23. The first-order valence-electron chi connectivity index (χ1n) is 8.33. The zero-order valence-corrected chi connectivity index (χ0v) is 13.9. The lowest BCUT2D eigenvalue weighted by Gasteiger charge is -2.11. The molecule has 2 aromatic heterocycles. The summed E-state index contributed by atoms with van der Waals surface area (Å²) in [4.78, 5) is 4.82. The maximum atomic E-state index is 10.6. The van der Waals surface area contributed by atoms with Gasteiger partial charge in [0, 0.05) is 11.8 Å². The van der Waals surface area contributed by atoms with E-state index in [1.54, 1.807) is 0 Å². The lowest BCUT2D eigenvalue weighted by molar-refractivity contribution is 0.168. The first-order valence-corrected chi connectivity index (χ1v) is 8.33. The van der Waals surface area contributed by atoms with E-state index in [2.05, 4.69) is 43.3 Å². The predicted octanol–water partition coefficient (Wildman–Crippen LogP) is 4.91. The molecule has 2 aromatic carbocycles. The maximum absolute atomic E-state index is 10.6. The smallest absolute Gasteiger partial charge is 0.138 e. The minimum atomic E-state index is -0.538. The third-order valence-corrected chi connectivity index (χ3v) is 4.54. The topological polar surface area (TPSA) is 37.5 Å². The molecule has 24 heavy (non-hydrogen) atoms. The second-order valence-electron chi connectivity index (χ2n) is 6.26. The summed E-state index contributed by atoms with van der Waals surface area (Å²) in [6.07, 6.45) is 2.11. The van der Waals surface area contributed by atoms with Gasteiger partial charge in [-0.05, 0) is 47.9 Å². The molecule has 0 bridgehead atoms. The largest absolute Gasteiger partial charge is 0.387 e. The van der Waals surface area contributed by atoms with Crippen LogP contribution in [0.15, 0.2) is 60.8 Å². The quantitative estimate of drug-likeness (QED) is 0.583. The van der Waals surface area contributed by atoms with Crippen LogP contribution in [0.2, 0.25) is 0 Å². The summed E-state index contributed by atoms with van der Waals surface area (Å²) in [5.41, 5.74) is 4.80. The van der Waals surface area contributed by atoms with Crippen molar-refractivity contribution in [1.82, 2.24) is 9.38 Å². The number of nitrogens with zero attached hydrogens (tertiary/aromatic N) is 2. The molecular weight excluding hydrogens is 296 g/mol. The Kier molecular flexibility index (Phi) is 3.58. The Labute approximate surface area is 141 Å². The molecule has 4 aromatic rings. The van der Waals surface area contributed by atoms with Crippen LogP contribution in [-0.2, 0) is 0 Å². The molecule has 0 aliphatic heterocycles. The Hall–Kier alpha value is -2.65. The van der Waals surface area contributed by atoms with E-state index >= 15 is 0 Å². The first-order chi connectivity index (χ1) is 11.7. The van der Waals surface area contributed by atoms with Crippen molar-refractivity contribution < 1.29 is 5.11 Å². The molecule has 4 rings (SSSR count). The molecule has 120 valence electrons. The minimum Gasteiger partial charge on any atom is -0.387 e. The number of aromatic nitrogens is 2. The highest BCUT2D eigenvalue weighted by atomic mass is 16.3. The van der Waals surface area contributed by atoms with Crippen molar-refractivity contribution in [2.45, 2.75) is 26.4 Å². The summed E-state index contributed by atoms with van der Waals surface area (Å²) in [7, 11) is 0. The van der Waals surface area contributed by atoms with E-state index in [9.17, 15) is 5.11 Å². The van der Waals surface area contributed by atoms with Gasteiger partial charge < -0.3 is 9.51 Å². The third kappa shape index (κ3) is 2.38. The second-order valence-corrected chi connectivity index (χ2v) is 6.26. The maximum Gasteiger partial charge on any atom is 0.138 e. The third-order valence-electron chi connectivity index (χ3n) is 4.54. The van der Waals surface area contributed by atoms with Gasteiger partial charge in [0.1, 0.15) is 5.65 Å². The van der Waals surface area contributed by atoms with Crippen molar-refractivity contribution in [2.24, 2.45) is 0 Å². The normalized spacial score (nSPS) is 12.8. The summed E-state index contributed by atoms with van der Waals surface area (Å²) in [5.74, 6) is 0. The number of benzene rings is 2. The first kappa shape index (κ1) is 14.9. The number of pyridine rings is 1. The lowest BCUT2D eigenvalue weighted by atomic mass is 10.0. The van der Waals surface area contributed by atoms with Crippen molar-refractivity contribution >= 4 is 16.4 Å². The van der Waals surface area contributed by atoms with Gasteiger partial charge in [0.15, 0.2) is 0 Å². The highest BCUT2D eigenvalue weighted by molar-refractivity contribution is 5.87. The Bertz CT molecular complexity index is 1030. The van der Waals surface area contributed by atoms with Gasteiger partial charge in [-0.1, -0.05) is 43.3 Å². The Morgan fingerprint density at radius 2 is 1.83 bits per heavy atom. The average molecular weight is 316 g/mol. The van der Waals surface area contributed by atoms with Crippen LogP contribution in [0.25, 0.3) is 27.7 Å². The molecular formula is C21H20N2O. The number of imidazole rings is 1. The molecule has 1 N–H and O–H groups in total. The molecule has 0 fully saturated rings. The Balaban J connectivity index is 1.99. The summed E-state index contributed by atoms with van der Waals surface area (Å²) in [6.45, 7) is 4.04. The number of hydrogen-bond donors (Lipinski definition) is 1. The van der Waals surface area contributed by atoms with Gasteiger partial charge in [0.25, 0.3) is 0 Å². The van der Waals surface area contributed by atoms with Gasteiger partial charge in [0.2, 0.25) is 0 Å². The molecule has 0 saturated carbocycles. The van der Waals surface area contributed by atoms with Crippen LogP contribution < -0.4 is 0 Å². The molecule has 3 nitrogen and oxygen atoms in total. The Morgan fingerprint density at radius 3 is 2.62 bits per heavy atom. The fourth-order valence-electron chi connectivity index (χ4n) is 3.23. The van der Waals surface area contributed by atoms with Crippen molar-refractivity contribution in [1.29, 1.82) is 0 Å². The van der Waals surface area contributed by atoms with Crippen LogP contribution in [-0.4, -0.2) is 14.5 Å². The summed E-state index contributed by atoms with van der Waals surface area (Å²) >= 11 is 0. The van der Waals surface area contributed by atoms with E-state index in [0.29, 0.717) is 6.42 Å². The van der Waals surface area contributed by atoms with Crippen LogP contribution in [0.1, 0.15) is 30.7 Å².